The number of hydrogen-bond acceptors (Lipinski definition) is 6. The van der Waals surface area contributed by atoms with E-state index in [9.17, 15) is 14.4 Å². The van der Waals surface area contributed by atoms with Gasteiger partial charge in [-0.15, -0.1) is 11.8 Å². The Bertz CT molecular complexity index is 1050. The quantitative estimate of drug-likeness (QED) is 0.416. The second kappa shape index (κ2) is 11.2. The summed E-state index contributed by atoms with van der Waals surface area (Å²) in [6.45, 7) is 2.04. The van der Waals surface area contributed by atoms with Crippen molar-refractivity contribution in [3.63, 3.8) is 0 Å². The van der Waals surface area contributed by atoms with E-state index in [1.54, 1.807) is 48.0 Å². The standard InChI is InChI=1S/C23H26N4O4S2/c1-15(28)24-11-12-26-20(14-21(29)25-16-7-9-18(31-2)10-8-16)22(30)27(23(26)32)17-5-4-6-19(13-17)33-3/h4-10,13,20H,11-12,14H2,1-3H3,(H,24,28)(H,25,29)/t20-/m1/s1. The summed E-state index contributed by atoms with van der Waals surface area (Å²) in [5.41, 5.74) is 1.25. The van der Waals surface area contributed by atoms with Gasteiger partial charge in [0, 0.05) is 30.6 Å². The van der Waals surface area contributed by atoms with Gasteiger partial charge in [0.1, 0.15) is 11.8 Å². The molecular formula is C23H26N4O4S2. The molecule has 1 atom stereocenters. The highest BCUT2D eigenvalue weighted by Gasteiger charge is 2.44. The first-order valence-electron chi connectivity index (χ1n) is 10.3. The average molecular weight is 487 g/mol. The maximum atomic E-state index is 13.4. The van der Waals surface area contributed by atoms with E-state index >= 15 is 0 Å². The number of carbonyl (C=O) groups is 3. The molecule has 3 amide bonds. The van der Waals surface area contributed by atoms with Gasteiger partial charge in [-0.05, 0) is 60.9 Å². The van der Waals surface area contributed by atoms with Crippen molar-refractivity contribution in [3.8, 4) is 5.75 Å². The highest BCUT2D eigenvalue weighted by Crippen LogP contribution is 2.30. The first-order chi connectivity index (χ1) is 15.8. The van der Waals surface area contributed by atoms with E-state index in [0.717, 1.165) is 4.90 Å². The van der Waals surface area contributed by atoms with Crippen LogP contribution in [0.3, 0.4) is 0 Å². The molecule has 1 saturated heterocycles. The molecule has 0 aromatic heterocycles. The molecular weight excluding hydrogens is 460 g/mol. The van der Waals surface area contributed by atoms with Crippen molar-refractivity contribution in [1.82, 2.24) is 10.2 Å². The van der Waals surface area contributed by atoms with Crippen LogP contribution in [-0.4, -0.2) is 60.2 Å². The van der Waals surface area contributed by atoms with E-state index < -0.39 is 6.04 Å². The molecule has 1 heterocycles. The SMILES string of the molecule is COc1ccc(NC(=O)C[C@@H]2C(=O)N(c3cccc(SC)c3)C(=S)N2CCNC(C)=O)cc1. The Hall–Kier alpha value is -3.11. The van der Waals surface area contributed by atoms with Gasteiger partial charge in [0.15, 0.2) is 5.11 Å². The second-order valence-electron chi connectivity index (χ2n) is 7.33. The van der Waals surface area contributed by atoms with Crippen molar-refractivity contribution in [2.75, 3.05) is 36.7 Å². The van der Waals surface area contributed by atoms with Gasteiger partial charge in [-0.25, -0.2) is 0 Å². The predicted molar refractivity (Wildman–Crippen MR) is 134 cm³/mol. The van der Waals surface area contributed by atoms with E-state index in [1.807, 2.05) is 30.5 Å². The Kier molecular flexibility index (Phi) is 8.29. The average Bonchev–Trinajstić information content (AvgIpc) is 3.03. The molecule has 1 fully saturated rings. The minimum atomic E-state index is -0.776. The topological polar surface area (TPSA) is 91.0 Å². The fraction of sp³-hybridized carbons (Fsp3) is 0.304. The molecule has 0 spiro atoms. The Balaban J connectivity index is 1.80. The Morgan fingerprint density at radius 2 is 1.91 bits per heavy atom. The lowest BCUT2D eigenvalue weighted by molar-refractivity contribution is -0.124. The van der Waals surface area contributed by atoms with Crippen molar-refractivity contribution >= 4 is 58.2 Å². The lowest BCUT2D eigenvalue weighted by Gasteiger charge is -2.24. The minimum Gasteiger partial charge on any atom is -0.497 e. The third-order valence-electron chi connectivity index (χ3n) is 5.11. The molecule has 0 bridgehead atoms. The summed E-state index contributed by atoms with van der Waals surface area (Å²) in [4.78, 5) is 41.7. The first kappa shape index (κ1) is 24.5. The molecule has 0 unspecified atom stereocenters. The van der Waals surface area contributed by atoms with Crippen LogP contribution >= 0.6 is 24.0 Å². The zero-order valence-electron chi connectivity index (χ0n) is 18.7. The monoisotopic (exact) mass is 486 g/mol. The number of nitrogens with zero attached hydrogens (tertiary/aromatic N) is 2. The largest absolute Gasteiger partial charge is 0.497 e. The summed E-state index contributed by atoms with van der Waals surface area (Å²) in [6.07, 6.45) is 1.87. The molecule has 8 nitrogen and oxygen atoms in total. The molecule has 0 radical (unpaired) electrons. The summed E-state index contributed by atoms with van der Waals surface area (Å²) < 4.78 is 5.13. The number of amides is 3. The van der Waals surface area contributed by atoms with Crippen LogP contribution in [0, 0.1) is 0 Å². The lowest BCUT2D eigenvalue weighted by atomic mass is 10.1. The van der Waals surface area contributed by atoms with Crippen molar-refractivity contribution in [3.05, 3.63) is 48.5 Å². The summed E-state index contributed by atoms with van der Waals surface area (Å²) in [5, 5.41) is 5.85. The summed E-state index contributed by atoms with van der Waals surface area (Å²) in [5.74, 6) is -0.0853. The number of carbonyl (C=O) groups excluding carboxylic acids is 3. The molecule has 33 heavy (non-hydrogen) atoms. The van der Waals surface area contributed by atoms with Crippen molar-refractivity contribution in [2.24, 2.45) is 0 Å². The second-order valence-corrected chi connectivity index (χ2v) is 8.58. The maximum absolute atomic E-state index is 13.4. The maximum Gasteiger partial charge on any atom is 0.256 e. The van der Waals surface area contributed by atoms with Crippen LogP contribution < -0.4 is 20.3 Å². The predicted octanol–water partition coefficient (Wildman–Crippen LogP) is 2.88. The van der Waals surface area contributed by atoms with Crippen LogP contribution in [0.25, 0.3) is 0 Å². The fourth-order valence-corrected chi connectivity index (χ4v) is 4.36. The van der Waals surface area contributed by atoms with Crippen molar-refractivity contribution in [1.29, 1.82) is 0 Å². The smallest absolute Gasteiger partial charge is 0.256 e. The molecule has 0 saturated carbocycles. The van der Waals surface area contributed by atoms with Gasteiger partial charge >= 0.3 is 0 Å². The van der Waals surface area contributed by atoms with Crippen LogP contribution in [0.2, 0.25) is 0 Å². The molecule has 1 aliphatic heterocycles. The third-order valence-corrected chi connectivity index (χ3v) is 6.25. The normalized spacial score (nSPS) is 15.5. The highest BCUT2D eigenvalue weighted by molar-refractivity contribution is 7.98. The number of thiocarbonyl (C=S) groups is 1. The van der Waals surface area contributed by atoms with Gasteiger partial charge in [0.25, 0.3) is 5.91 Å². The van der Waals surface area contributed by atoms with Gasteiger partial charge in [-0.1, -0.05) is 6.07 Å². The van der Waals surface area contributed by atoms with Crippen LogP contribution in [0.4, 0.5) is 11.4 Å². The van der Waals surface area contributed by atoms with Crippen molar-refractivity contribution < 1.29 is 19.1 Å². The molecule has 2 aromatic carbocycles. The van der Waals surface area contributed by atoms with E-state index in [2.05, 4.69) is 10.6 Å². The third kappa shape index (κ3) is 6.02. The summed E-state index contributed by atoms with van der Waals surface area (Å²) >= 11 is 7.19. The fourth-order valence-electron chi connectivity index (χ4n) is 3.49. The summed E-state index contributed by atoms with van der Waals surface area (Å²) in [6, 6.07) is 13.7. The van der Waals surface area contributed by atoms with Crippen LogP contribution in [-0.2, 0) is 14.4 Å². The van der Waals surface area contributed by atoms with E-state index in [0.29, 0.717) is 35.3 Å². The number of thioether (sulfide) groups is 1. The van der Waals surface area contributed by atoms with E-state index in [-0.39, 0.29) is 24.1 Å². The van der Waals surface area contributed by atoms with Gasteiger partial charge in [-0.2, -0.15) is 0 Å². The van der Waals surface area contributed by atoms with Gasteiger partial charge in [0.2, 0.25) is 11.8 Å². The number of anilines is 2. The van der Waals surface area contributed by atoms with Gasteiger partial charge in [0.05, 0.1) is 19.2 Å². The Morgan fingerprint density at radius 3 is 2.55 bits per heavy atom. The summed E-state index contributed by atoms with van der Waals surface area (Å²) in [7, 11) is 1.57. The molecule has 3 rings (SSSR count). The molecule has 0 aliphatic carbocycles. The number of benzene rings is 2. The molecule has 1 aliphatic rings. The molecule has 2 aromatic rings. The Labute approximate surface area is 202 Å². The number of hydrogen-bond donors (Lipinski definition) is 2. The molecule has 174 valence electrons. The van der Waals surface area contributed by atoms with E-state index in [1.165, 1.54) is 11.8 Å². The number of ether oxygens (including phenoxy) is 1. The Morgan fingerprint density at radius 1 is 1.18 bits per heavy atom. The van der Waals surface area contributed by atoms with Crippen LogP contribution in [0.1, 0.15) is 13.3 Å². The van der Waals surface area contributed by atoms with Crippen LogP contribution in [0.15, 0.2) is 53.4 Å². The van der Waals surface area contributed by atoms with Crippen molar-refractivity contribution in [2.45, 2.75) is 24.3 Å². The first-order valence-corrected chi connectivity index (χ1v) is 11.9. The zero-order chi connectivity index (χ0) is 24.0. The number of nitrogens with one attached hydrogen (secondary N) is 2. The molecule has 10 heteroatoms. The van der Waals surface area contributed by atoms with Crippen LogP contribution in [0.5, 0.6) is 5.75 Å². The highest BCUT2D eigenvalue weighted by atomic mass is 32.2. The van der Waals surface area contributed by atoms with Gasteiger partial charge < -0.3 is 20.3 Å². The van der Waals surface area contributed by atoms with Gasteiger partial charge in [-0.3, -0.25) is 19.3 Å². The minimum absolute atomic E-state index is 0.0796. The number of rotatable bonds is 9. The van der Waals surface area contributed by atoms with E-state index in [4.69, 9.17) is 17.0 Å². The lowest BCUT2D eigenvalue weighted by Crippen LogP contribution is -2.42. The molecule has 2 N–H and O–H groups in total. The zero-order valence-corrected chi connectivity index (χ0v) is 20.3. The number of methoxy groups -OCH3 is 1.